The summed E-state index contributed by atoms with van der Waals surface area (Å²) < 4.78 is 11.1. The average Bonchev–Trinajstić information content (AvgIpc) is 3.00. The number of allylic oxidation sites excluding steroid dienone is 2. The molecule has 0 N–H and O–H groups in total. The van der Waals surface area contributed by atoms with Crippen LogP contribution in [0.5, 0.6) is 0 Å². The van der Waals surface area contributed by atoms with Crippen LogP contribution in [0, 0.1) is 0 Å². The molecule has 6 heteroatoms. The number of hydrogen-bond acceptors (Lipinski definition) is 6. The van der Waals surface area contributed by atoms with Crippen LogP contribution in [0.1, 0.15) is 43.0 Å². The van der Waals surface area contributed by atoms with E-state index in [-0.39, 0.29) is 11.1 Å². The van der Waals surface area contributed by atoms with Crippen LogP contribution in [-0.4, -0.2) is 23.9 Å². The molecule has 6 nitrogen and oxygen atoms in total. The maximum absolute atomic E-state index is 14.8. The van der Waals surface area contributed by atoms with Gasteiger partial charge in [-0.05, 0) is 45.5 Å². The van der Waals surface area contributed by atoms with Crippen molar-refractivity contribution in [2.75, 3.05) is 0 Å². The Balaban J connectivity index is 1.74. The zero-order valence-electron chi connectivity index (χ0n) is 21.0. The van der Waals surface area contributed by atoms with Crippen LogP contribution in [0.2, 0.25) is 0 Å². The van der Waals surface area contributed by atoms with E-state index in [1.165, 1.54) is 12.1 Å². The van der Waals surface area contributed by atoms with Gasteiger partial charge in [0.25, 0.3) is 0 Å². The van der Waals surface area contributed by atoms with Gasteiger partial charge in [0.1, 0.15) is 10.8 Å². The van der Waals surface area contributed by atoms with Gasteiger partial charge in [-0.1, -0.05) is 109 Å². The van der Waals surface area contributed by atoms with Crippen LogP contribution >= 0.6 is 0 Å². The van der Waals surface area contributed by atoms with Crippen LogP contribution < -0.4 is 0 Å². The van der Waals surface area contributed by atoms with Crippen molar-refractivity contribution in [3.8, 4) is 0 Å². The third kappa shape index (κ3) is 2.98. The molecular weight excluding hydrogens is 504 g/mol. The van der Waals surface area contributed by atoms with E-state index in [2.05, 4.69) is 0 Å². The molecule has 0 aromatic heterocycles. The Hall–Kier alpha value is -5.36. The Kier molecular flexibility index (Phi) is 5.09. The smallest absolute Gasteiger partial charge is 0.346 e. The number of hydrogen-bond donors (Lipinski definition) is 0. The highest BCUT2D eigenvalue weighted by molar-refractivity contribution is 6.22. The molecule has 4 aliphatic rings. The minimum absolute atomic E-state index is 0.128. The first kappa shape index (κ1) is 23.7. The van der Waals surface area contributed by atoms with Crippen LogP contribution in [0.4, 0.5) is 0 Å². The van der Waals surface area contributed by atoms with E-state index >= 15 is 0 Å². The maximum atomic E-state index is 14.8. The second-order valence-electron chi connectivity index (χ2n) is 9.89. The molecule has 0 fully saturated rings. The van der Waals surface area contributed by atoms with Gasteiger partial charge in [-0.15, -0.1) is 0 Å². The fourth-order valence-corrected chi connectivity index (χ4v) is 6.32. The molecule has 8 rings (SSSR count). The summed E-state index contributed by atoms with van der Waals surface area (Å²) in [5, 5.41) is 0. The summed E-state index contributed by atoms with van der Waals surface area (Å²) in [6.07, 6.45) is 3.40. The van der Waals surface area contributed by atoms with Crippen molar-refractivity contribution >= 4 is 35.0 Å². The molecule has 0 saturated heterocycles. The van der Waals surface area contributed by atoms with Crippen molar-refractivity contribution in [3.63, 3.8) is 0 Å². The first-order chi connectivity index (χ1) is 19.5. The Bertz CT molecular complexity index is 1800. The van der Waals surface area contributed by atoms with E-state index in [0.717, 1.165) is 5.56 Å². The van der Waals surface area contributed by atoms with E-state index < -0.39 is 34.7 Å². The highest BCUT2D eigenvalue weighted by Gasteiger charge is 2.69. The van der Waals surface area contributed by atoms with Crippen molar-refractivity contribution in [1.82, 2.24) is 0 Å². The molecule has 3 heterocycles. The van der Waals surface area contributed by atoms with Gasteiger partial charge in [-0.3, -0.25) is 9.59 Å². The lowest BCUT2D eigenvalue weighted by molar-refractivity contribution is -0.155. The highest BCUT2D eigenvalue weighted by Crippen LogP contribution is 2.60. The van der Waals surface area contributed by atoms with Crippen molar-refractivity contribution in [2.45, 2.75) is 10.8 Å². The fourth-order valence-electron chi connectivity index (χ4n) is 6.32. The van der Waals surface area contributed by atoms with Gasteiger partial charge in [0.2, 0.25) is 0 Å². The Morgan fingerprint density at radius 2 is 1.10 bits per heavy atom. The summed E-state index contributed by atoms with van der Waals surface area (Å²) >= 11 is 0. The molecule has 0 amide bonds. The van der Waals surface area contributed by atoms with Crippen LogP contribution in [0.25, 0.3) is 11.1 Å². The number of carbonyl (C=O) groups is 4. The van der Waals surface area contributed by atoms with Crippen LogP contribution in [0.15, 0.2) is 121 Å². The van der Waals surface area contributed by atoms with Gasteiger partial charge >= 0.3 is 23.9 Å². The summed E-state index contributed by atoms with van der Waals surface area (Å²) in [5.74, 6) is -3.84. The number of benzene rings is 4. The summed E-state index contributed by atoms with van der Waals surface area (Å²) in [7, 11) is 0. The molecule has 3 aliphatic heterocycles. The fraction of sp³-hybridized carbons (Fsp3) is 0.0588. The molecule has 0 radical (unpaired) electrons. The molecule has 0 saturated carbocycles. The van der Waals surface area contributed by atoms with Crippen LogP contribution in [0.3, 0.4) is 0 Å². The predicted octanol–water partition coefficient (Wildman–Crippen LogP) is 5.44. The Morgan fingerprint density at radius 1 is 0.525 bits per heavy atom. The minimum atomic E-state index is -1.96. The van der Waals surface area contributed by atoms with Gasteiger partial charge in [0.05, 0.1) is 11.1 Å². The number of fused-ring (bicyclic) bond motifs is 3. The second kappa shape index (κ2) is 8.58. The molecule has 2 unspecified atom stereocenters. The highest BCUT2D eigenvalue weighted by atomic mass is 16.6. The average molecular weight is 525 g/mol. The van der Waals surface area contributed by atoms with Crippen molar-refractivity contribution < 1.29 is 28.7 Å². The standard InChI is InChI=1S/C34H20O6/c35-29-26-17-16-24-20-27(26)30(36)40-32(38)34(23-14-8-3-9-15-23)28(22-12-6-2-7-13-22)25(21-10-4-1-5-11-21)18-19-33(24,34)31(37)39-29/h1-20H. The van der Waals surface area contributed by atoms with E-state index in [4.69, 9.17) is 9.47 Å². The molecule has 4 bridgehead atoms. The maximum Gasteiger partial charge on any atom is 0.346 e. The lowest BCUT2D eigenvalue weighted by atomic mass is 9.49. The van der Waals surface area contributed by atoms with E-state index in [1.54, 1.807) is 48.6 Å². The third-order valence-corrected chi connectivity index (χ3v) is 8.00. The first-order valence-corrected chi connectivity index (χ1v) is 12.8. The first-order valence-electron chi connectivity index (χ1n) is 12.8. The summed E-state index contributed by atoms with van der Waals surface area (Å²) in [6.45, 7) is 0. The van der Waals surface area contributed by atoms with Crippen molar-refractivity contribution in [3.05, 3.63) is 155 Å². The number of ether oxygens (including phenoxy) is 2. The van der Waals surface area contributed by atoms with Crippen molar-refractivity contribution in [1.29, 1.82) is 0 Å². The third-order valence-electron chi connectivity index (χ3n) is 8.00. The largest absolute Gasteiger partial charge is 0.388 e. The number of rotatable bonds is 3. The zero-order chi connectivity index (χ0) is 27.5. The van der Waals surface area contributed by atoms with Gasteiger partial charge in [-0.25, -0.2) is 9.59 Å². The predicted molar refractivity (Wildman–Crippen MR) is 146 cm³/mol. The van der Waals surface area contributed by atoms with Gasteiger partial charge in [0.15, 0.2) is 0 Å². The lowest BCUT2D eigenvalue weighted by Gasteiger charge is -2.50. The number of cyclic esters (lactones) is 2. The minimum Gasteiger partial charge on any atom is -0.388 e. The van der Waals surface area contributed by atoms with Gasteiger partial charge in [0, 0.05) is 0 Å². The molecule has 4 aromatic rings. The second-order valence-corrected chi connectivity index (χ2v) is 9.89. The quantitative estimate of drug-likeness (QED) is 0.262. The number of esters is 4. The number of carbonyl (C=O) groups excluding carboxylic acids is 4. The molecule has 2 atom stereocenters. The zero-order valence-corrected chi connectivity index (χ0v) is 21.0. The molecule has 1 spiro atoms. The van der Waals surface area contributed by atoms with E-state index in [0.29, 0.717) is 27.8 Å². The monoisotopic (exact) mass is 524 g/mol. The molecular formula is C34H20O6. The molecule has 1 aliphatic carbocycles. The van der Waals surface area contributed by atoms with Gasteiger partial charge in [-0.2, -0.15) is 0 Å². The summed E-state index contributed by atoms with van der Waals surface area (Å²) in [5.41, 5.74) is -0.841. The van der Waals surface area contributed by atoms with Crippen LogP contribution in [-0.2, 0) is 29.9 Å². The van der Waals surface area contributed by atoms with Gasteiger partial charge < -0.3 is 9.47 Å². The van der Waals surface area contributed by atoms with E-state index in [1.807, 2.05) is 60.7 Å². The van der Waals surface area contributed by atoms with E-state index in [9.17, 15) is 19.2 Å². The van der Waals surface area contributed by atoms with Crippen molar-refractivity contribution in [2.24, 2.45) is 0 Å². The summed E-state index contributed by atoms with van der Waals surface area (Å²) in [4.78, 5) is 55.7. The molecule has 4 aromatic carbocycles. The Labute approximate surface area is 229 Å². The Morgan fingerprint density at radius 3 is 1.77 bits per heavy atom. The normalized spacial score (nSPS) is 23.1. The molecule has 192 valence electrons. The topological polar surface area (TPSA) is 86.7 Å². The summed E-state index contributed by atoms with van der Waals surface area (Å²) in [6, 6.07) is 32.0. The lowest BCUT2D eigenvalue weighted by Crippen LogP contribution is -2.62. The SMILES string of the molecule is O=C1OC(=O)C23C=CC(c4ccccc4)=C(c4ccccc4)C2(c2ccccc2)C(=O)OC(=O)c2cc3ccc21. The molecule has 40 heavy (non-hydrogen) atoms.